The highest BCUT2D eigenvalue weighted by Gasteiger charge is 2.32. The molecular formula is C14H17BrCl2O. The van der Waals surface area contributed by atoms with Gasteiger partial charge in [0.25, 0.3) is 0 Å². The maximum absolute atomic E-state index is 6.68. The number of hydrogen-bond donors (Lipinski definition) is 0. The Morgan fingerprint density at radius 2 is 2.11 bits per heavy atom. The van der Waals surface area contributed by atoms with Crippen molar-refractivity contribution in [3.05, 3.63) is 27.2 Å². The van der Waals surface area contributed by atoms with E-state index >= 15 is 0 Å². The van der Waals surface area contributed by atoms with Gasteiger partial charge in [0.05, 0.1) is 17.0 Å². The first-order valence-electron chi connectivity index (χ1n) is 6.21. The molecule has 0 aliphatic heterocycles. The summed E-state index contributed by atoms with van der Waals surface area (Å²) in [4.78, 5) is 0. The lowest BCUT2D eigenvalue weighted by molar-refractivity contribution is 0.378. The second-order valence-electron chi connectivity index (χ2n) is 4.98. The number of halogens is 3. The molecule has 1 aromatic carbocycles. The Labute approximate surface area is 127 Å². The van der Waals surface area contributed by atoms with Crippen LogP contribution >= 0.6 is 39.1 Å². The molecule has 1 nitrogen and oxygen atoms in total. The van der Waals surface area contributed by atoms with Gasteiger partial charge >= 0.3 is 0 Å². The molecule has 1 fully saturated rings. The van der Waals surface area contributed by atoms with Crippen molar-refractivity contribution in [2.75, 3.05) is 7.11 Å². The summed E-state index contributed by atoms with van der Waals surface area (Å²) in [6, 6.07) is 3.76. The van der Waals surface area contributed by atoms with Crippen molar-refractivity contribution < 1.29 is 4.74 Å². The summed E-state index contributed by atoms with van der Waals surface area (Å²) in [6.45, 7) is 2.28. The monoisotopic (exact) mass is 350 g/mol. The topological polar surface area (TPSA) is 9.23 Å². The van der Waals surface area contributed by atoms with Crippen LogP contribution in [-0.4, -0.2) is 7.11 Å². The molecule has 0 bridgehead atoms. The summed E-state index contributed by atoms with van der Waals surface area (Å²) >= 11 is 16.3. The Morgan fingerprint density at radius 1 is 1.39 bits per heavy atom. The van der Waals surface area contributed by atoms with E-state index in [1.165, 1.54) is 19.3 Å². The van der Waals surface area contributed by atoms with Crippen molar-refractivity contribution in [3.63, 3.8) is 0 Å². The molecular weight excluding hydrogens is 335 g/mol. The van der Waals surface area contributed by atoms with Crippen LogP contribution in [0.5, 0.6) is 5.75 Å². The van der Waals surface area contributed by atoms with E-state index in [0.29, 0.717) is 16.9 Å². The van der Waals surface area contributed by atoms with Gasteiger partial charge in [-0.25, -0.2) is 0 Å². The van der Waals surface area contributed by atoms with Gasteiger partial charge in [0.1, 0.15) is 5.75 Å². The van der Waals surface area contributed by atoms with Gasteiger partial charge in [0.2, 0.25) is 0 Å². The zero-order valence-corrected chi connectivity index (χ0v) is 13.6. The quantitative estimate of drug-likeness (QED) is 0.622. The second-order valence-corrected chi connectivity index (χ2v) is 6.74. The van der Waals surface area contributed by atoms with Crippen LogP contribution < -0.4 is 4.74 Å². The highest BCUT2D eigenvalue weighted by atomic mass is 79.9. The predicted molar refractivity (Wildman–Crippen MR) is 80.8 cm³/mol. The highest BCUT2D eigenvalue weighted by molar-refractivity contribution is 9.10. The van der Waals surface area contributed by atoms with Gasteiger partial charge in [-0.3, -0.25) is 0 Å². The van der Waals surface area contributed by atoms with Crippen LogP contribution in [0.25, 0.3) is 0 Å². The number of ether oxygens (including phenoxy) is 1. The van der Waals surface area contributed by atoms with Crippen molar-refractivity contribution in [2.24, 2.45) is 11.8 Å². The molecule has 0 spiro atoms. The van der Waals surface area contributed by atoms with Crippen molar-refractivity contribution >= 4 is 39.1 Å². The summed E-state index contributed by atoms with van der Waals surface area (Å²) in [7, 11) is 1.67. The minimum atomic E-state index is -0.0348. The number of hydrogen-bond acceptors (Lipinski definition) is 1. The minimum Gasteiger partial charge on any atom is -0.495 e. The first-order chi connectivity index (χ1) is 8.54. The van der Waals surface area contributed by atoms with Crippen molar-refractivity contribution in [3.8, 4) is 5.75 Å². The van der Waals surface area contributed by atoms with Crippen LogP contribution in [0.3, 0.4) is 0 Å². The molecule has 0 N–H and O–H groups in total. The fourth-order valence-electron chi connectivity index (χ4n) is 2.84. The van der Waals surface area contributed by atoms with Gasteiger partial charge in [-0.2, -0.15) is 0 Å². The third-order valence-corrected chi connectivity index (χ3v) is 5.21. The predicted octanol–water partition coefficient (Wildman–Crippen LogP) is 5.83. The van der Waals surface area contributed by atoms with Crippen LogP contribution in [0.4, 0.5) is 0 Å². The number of benzene rings is 1. The van der Waals surface area contributed by atoms with Crippen LogP contribution in [0.2, 0.25) is 5.02 Å². The Bertz CT molecular complexity index is 436. The molecule has 0 radical (unpaired) electrons. The number of methoxy groups -OCH3 is 1. The van der Waals surface area contributed by atoms with Crippen LogP contribution in [0.15, 0.2) is 16.6 Å². The fourth-order valence-corrected chi connectivity index (χ4v) is 4.37. The Hall–Kier alpha value is 0.0800. The van der Waals surface area contributed by atoms with E-state index in [1.54, 1.807) is 7.11 Å². The molecule has 3 atom stereocenters. The van der Waals surface area contributed by atoms with Gasteiger partial charge in [-0.15, -0.1) is 11.6 Å². The molecule has 0 saturated heterocycles. The molecule has 2 rings (SSSR count). The van der Waals surface area contributed by atoms with E-state index in [0.717, 1.165) is 15.8 Å². The van der Waals surface area contributed by atoms with Crippen molar-refractivity contribution in [1.29, 1.82) is 0 Å². The van der Waals surface area contributed by atoms with Gasteiger partial charge < -0.3 is 4.74 Å². The van der Waals surface area contributed by atoms with E-state index in [1.807, 2.05) is 12.1 Å². The zero-order valence-electron chi connectivity index (χ0n) is 10.6. The molecule has 0 amide bonds. The number of alkyl halides is 1. The van der Waals surface area contributed by atoms with E-state index in [-0.39, 0.29) is 5.38 Å². The maximum Gasteiger partial charge on any atom is 0.137 e. The smallest absolute Gasteiger partial charge is 0.137 e. The van der Waals surface area contributed by atoms with E-state index in [2.05, 4.69) is 22.9 Å². The average Bonchev–Trinajstić information content (AvgIpc) is 2.73. The molecule has 18 heavy (non-hydrogen) atoms. The third-order valence-electron chi connectivity index (χ3n) is 3.84. The minimum absolute atomic E-state index is 0.0348. The highest BCUT2D eigenvalue weighted by Crippen LogP contribution is 2.48. The molecule has 0 heterocycles. The molecule has 0 aromatic heterocycles. The van der Waals surface area contributed by atoms with E-state index < -0.39 is 0 Å². The normalized spacial score (nSPS) is 25.2. The second kappa shape index (κ2) is 6.02. The SMILES string of the molecule is COc1c(Br)cc(Cl)cc1C(Cl)C1CCCC1C. The standard InChI is InChI=1S/C14H17BrCl2O/c1-8-4-3-5-10(8)13(17)11-6-9(16)7-12(15)14(11)18-2/h6-8,10,13H,3-5H2,1-2H3. The summed E-state index contributed by atoms with van der Waals surface area (Å²) < 4.78 is 6.32. The Kier molecular flexibility index (Phi) is 4.85. The van der Waals surface area contributed by atoms with Crippen molar-refractivity contribution in [2.45, 2.75) is 31.6 Å². The summed E-state index contributed by atoms with van der Waals surface area (Å²) in [6.07, 6.45) is 3.71. The molecule has 1 aliphatic carbocycles. The van der Waals surface area contributed by atoms with Gasteiger partial charge in [0.15, 0.2) is 0 Å². The van der Waals surface area contributed by atoms with E-state index in [4.69, 9.17) is 27.9 Å². The molecule has 3 unspecified atom stereocenters. The van der Waals surface area contributed by atoms with E-state index in [9.17, 15) is 0 Å². The van der Waals surface area contributed by atoms with Gasteiger partial charge in [-0.1, -0.05) is 31.4 Å². The summed E-state index contributed by atoms with van der Waals surface area (Å²) in [5, 5.41) is 0.654. The summed E-state index contributed by atoms with van der Waals surface area (Å²) in [5.41, 5.74) is 0.997. The lowest BCUT2D eigenvalue weighted by Crippen LogP contribution is -2.12. The number of rotatable bonds is 3. The van der Waals surface area contributed by atoms with Crippen LogP contribution in [-0.2, 0) is 0 Å². The Morgan fingerprint density at radius 3 is 2.67 bits per heavy atom. The first-order valence-corrected chi connectivity index (χ1v) is 7.82. The summed E-state index contributed by atoms with van der Waals surface area (Å²) in [5.74, 6) is 1.97. The molecule has 1 aromatic rings. The van der Waals surface area contributed by atoms with Gasteiger partial charge in [-0.05, 0) is 46.3 Å². The van der Waals surface area contributed by atoms with Crippen LogP contribution in [0, 0.1) is 11.8 Å². The first kappa shape index (κ1) is 14.5. The van der Waals surface area contributed by atoms with Crippen LogP contribution in [0.1, 0.15) is 37.1 Å². The molecule has 1 saturated carbocycles. The largest absolute Gasteiger partial charge is 0.495 e. The lowest BCUT2D eigenvalue weighted by atomic mass is 9.90. The van der Waals surface area contributed by atoms with Gasteiger partial charge in [0, 0.05) is 10.6 Å². The van der Waals surface area contributed by atoms with Crippen molar-refractivity contribution in [1.82, 2.24) is 0 Å². The fraction of sp³-hybridized carbons (Fsp3) is 0.571. The average molecular weight is 352 g/mol. The zero-order chi connectivity index (χ0) is 13.3. The third kappa shape index (κ3) is 2.81. The molecule has 100 valence electrons. The maximum atomic E-state index is 6.68. The molecule has 1 aliphatic rings. The lowest BCUT2D eigenvalue weighted by Gasteiger charge is -2.24. The Balaban J connectivity index is 2.37. The molecule has 4 heteroatoms.